The Kier molecular flexibility index (Phi) is 3.42. The Morgan fingerprint density at radius 1 is 1.50 bits per heavy atom. The van der Waals surface area contributed by atoms with Gasteiger partial charge in [0, 0.05) is 30.7 Å². The normalized spacial score (nSPS) is 11.1. The number of thiophene rings is 1. The Hall–Kier alpha value is 0.300. The van der Waals surface area contributed by atoms with E-state index in [0.29, 0.717) is 5.88 Å². The van der Waals surface area contributed by atoms with Crippen LogP contribution in [0.1, 0.15) is 5.56 Å². The molecule has 0 N–H and O–H groups in total. The Bertz CT molecular complexity index is 464. The molecule has 14 heavy (non-hydrogen) atoms. The molecule has 0 unspecified atom stereocenters. The highest BCUT2D eigenvalue weighted by molar-refractivity contribution is 9.10. The highest BCUT2D eigenvalue weighted by Gasteiger charge is 2.07. The maximum absolute atomic E-state index is 5.84. The smallest absolute Gasteiger partial charge is 0.0485 e. The van der Waals surface area contributed by atoms with Crippen molar-refractivity contribution < 1.29 is 0 Å². The fraction of sp³-hybridized carbons (Fsp3) is 0.200. The Morgan fingerprint density at radius 3 is 2.93 bits per heavy atom. The van der Waals surface area contributed by atoms with Gasteiger partial charge >= 0.3 is 0 Å². The number of hydrogen-bond donors (Lipinski definition) is 0. The van der Waals surface area contributed by atoms with Crippen LogP contribution in [0, 0.1) is 0 Å². The van der Waals surface area contributed by atoms with E-state index < -0.39 is 0 Å². The number of alkyl halides is 1. The van der Waals surface area contributed by atoms with E-state index in [2.05, 4.69) is 39.7 Å². The van der Waals surface area contributed by atoms with Crippen molar-refractivity contribution in [1.29, 1.82) is 0 Å². The molecule has 0 nitrogen and oxygen atoms in total. The summed E-state index contributed by atoms with van der Waals surface area (Å²) in [6, 6.07) is 4.33. The van der Waals surface area contributed by atoms with Crippen molar-refractivity contribution in [2.45, 2.75) is 10.8 Å². The third kappa shape index (κ3) is 1.83. The number of thioether (sulfide) groups is 1. The Morgan fingerprint density at radius 2 is 2.29 bits per heavy atom. The monoisotopic (exact) mass is 306 g/mol. The third-order valence-electron chi connectivity index (χ3n) is 2.07. The number of halogens is 2. The minimum Gasteiger partial charge on any atom is -0.143 e. The van der Waals surface area contributed by atoms with E-state index in [9.17, 15) is 0 Å². The summed E-state index contributed by atoms with van der Waals surface area (Å²) in [5.41, 5.74) is 1.16. The molecular weight excluding hydrogens is 300 g/mol. The SMILES string of the molecule is CSc1csc2cc(CCl)c(Br)cc12. The topological polar surface area (TPSA) is 0 Å². The number of rotatable bonds is 2. The summed E-state index contributed by atoms with van der Waals surface area (Å²) in [4.78, 5) is 1.34. The quantitative estimate of drug-likeness (QED) is 0.548. The molecule has 0 aliphatic heterocycles. The van der Waals surface area contributed by atoms with Crippen molar-refractivity contribution in [3.63, 3.8) is 0 Å². The molecule has 74 valence electrons. The van der Waals surface area contributed by atoms with Gasteiger partial charge < -0.3 is 0 Å². The summed E-state index contributed by atoms with van der Waals surface area (Å²) in [7, 11) is 0. The van der Waals surface area contributed by atoms with Crippen molar-refractivity contribution in [2.75, 3.05) is 6.26 Å². The van der Waals surface area contributed by atoms with E-state index in [4.69, 9.17) is 11.6 Å². The first-order valence-corrected chi connectivity index (χ1v) is 7.49. The largest absolute Gasteiger partial charge is 0.143 e. The first kappa shape index (κ1) is 10.8. The minimum absolute atomic E-state index is 0.559. The molecule has 0 atom stereocenters. The van der Waals surface area contributed by atoms with Gasteiger partial charge in [-0.05, 0) is 24.0 Å². The van der Waals surface area contributed by atoms with Crippen LogP contribution in [0.4, 0.5) is 0 Å². The lowest BCUT2D eigenvalue weighted by Crippen LogP contribution is -1.79. The van der Waals surface area contributed by atoms with E-state index in [1.165, 1.54) is 15.0 Å². The highest BCUT2D eigenvalue weighted by atomic mass is 79.9. The van der Waals surface area contributed by atoms with Crippen LogP contribution >= 0.6 is 50.6 Å². The van der Waals surface area contributed by atoms with Gasteiger partial charge in [0.2, 0.25) is 0 Å². The van der Waals surface area contributed by atoms with Crippen LogP contribution in [0.25, 0.3) is 10.1 Å². The molecule has 1 aromatic heterocycles. The maximum Gasteiger partial charge on any atom is 0.0485 e. The van der Waals surface area contributed by atoms with Gasteiger partial charge in [-0.2, -0.15) is 0 Å². The van der Waals surface area contributed by atoms with Crippen molar-refractivity contribution >= 4 is 60.7 Å². The first-order valence-electron chi connectivity index (χ1n) is 4.06. The van der Waals surface area contributed by atoms with Crippen LogP contribution < -0.4 is 0 Å². The van der Waals surface area contributed by atoms with E-state index in [1.807, 2.05) is 0 Å². The molecule has 0 bridgehead atoms. The van der Waals surface area contributed by atoms with Gasteiger partial charge in [-0.15, -0.1) is 34.7 Å². The molecule has 1 heterocycles. The highest BCUT2D eigenvalue weighted by Crippen LogP contribution is 2.36. The van der Waals surface area contributed by atoms with Crippen molar-refractivity contribution in [3.05, 3.63) is 27.5 Å². The van der Waals surface area contributed by atoms with Crippen LogP contribution in [-0.2, 0) is 5.88 Å². The number of hydrogen-bond acceptors (Lipinski definition) is 2. The van der Waals surface area contributed by atoms with E-state index in [0.717, 1.165) is 10.0 Å². The molecule has 1 aromatic carbocycles. The zero-order valence-corrected chi connectivity index (χ0v) is 11.5. The van der Waals surface area contributed by atoms with Gasteiger partial charge in [0.15, 0.2) is 0 Å². The molecule has 0 aliphatic carbocycles. The van der Waals surface area contributed by atoms with Crippen LogP contribution in [0.3, 0.4) is 0 Å². The summed E-state index contributed by atoms with van der Waals surface area (Å²) in [5, 5.41) is 3.52. The average molecular weight is 308 g/mol. The lowest BCUT2D eigenvalue weighted by Gasteiger charge is -2.01. The Labute approximate surface area is 105 Å². The summed E-state index contributed by atoms with van der Waals surface area (Å²) in [6.07, 6.45) is 2.10. The van der Waals surface area contributed by atoms with Crippen LogP contribution in [0.5, 0.6) is 0 Å². The van der Waals surface area contributed by atoms with Gasteiger partial charge in [-0.25, -0.2) is 0 Å². The lowest BCUT2D eigenvalue weighted by atomic mass is 10.2. The van der Waals surface area contributed by atoms with Gasteiger partial charge in [0.1, 0.15) is 0 Å². The zero-order chi connectivity index (χ0) is 10.1. The van der Waals surface area contributed by atoms with Gasteiger partial charge in [-0.3, -0.25) is 0 Å². The van der Waals surface area contributed by atoms with E-state index in [-0.39, 0.29) is 0 Å². The second-order valence-corrected chi connectivity index (χ2v) is 5.76. The van der Waals surface area contributed by atoms with Gasteiger partial charge in [-0.1, -0.05) is 15.9 Å². The van der Waals surface area contributed by atoms with Crippen LogP contribution in [-0.4, -0.2) is 6.26 Å². The predicted octanol–water partition coefficient (Wildman–Crippen LogP) is 5.12. The zero-order valence-electron chi connectivity index (χ0n) is 7.51. The van der Waals surface area contributed by atoms with Crippen LogP contribution in [0.2, 0.25) is 0 Å². The molecular formula is C10H8BrClS2. The molecule has 0 fully saturated rings. The Balaban J connectivity index is 2.69. The molecule has 0 radical (unpaired) electrons. The summed E-state index contributed by atoms with van der Waals surface area (Å²) in [6.45, 7) is 0. The van der Waals surface area contributed by atoms with E-state index >= 15 is 0 Å². The van der Waals surface area contributed by atoms with Gasteiger partial charge in [0.05, 0.1) is 0 Å². The fourth-order valence-electron chi connectivity index (χ4n) is 1.33. The molecule has 0 saturated carbocycles. The minimum atomic E-state index is 0.559. The second kappa shape index (κ2) is 4.44. The number of benzene rings is 1. The molecule has 2 aromatic rings. The standard InChI is InChI=1S/C10H8BrClS2/c1-13-10-5-14-9-2-6(4-12)8(11)3-7(9)10/h2-3,5H,4H2,1H3. The van der Waals surface area contributed by atoms with Crippen molar-refractivity contribution in [1.82, 2.24) is 0 Å². The molecule has 0 aliphatic rings. The molecule has 0 saturated heterocycles. The second-order valence-electron chi connectivity index (χ2n) is 2.88. The van der Waals surface area contributed by atoms with Crippen LogP contribution in [0.15, 0.2) is 26.9 Å². The fourth-order valence-corrected chi connectivity index (χ4v) is 4.04. The third-order valence-corrected chi connectivity index (χ3v) is 4.97. The summed E-state index contributed by atoms with van der Waals surface area (Å²) in [5.74, 6) is 0.559. The predicted molar refractivity (Wildman–Crippen MR) is 70.9 cm³/mol. The summed E-state index contributed by atoms with van der Waals surface area (Å²) >= 11 is 12.9. The first-order chi connectivity index (χ1) is 6.76. The number of fused-ring (bicyclic) bond motifs is 1. The van der Waals surface area contributed by atoms with Gasteiger partial charge in [0.25, 0.3) is 0 Å². The molecule has 4 heteroatoms. The molecule has 2 rings (SSSR count). The van der Waals surface area contributed by atoms with E-state index in [1.54, 1.807) is 23.1 Å². The van der Waals surface area contributed by atoms with Crippen molar-refractivity contribution in [2.24, 2.45) is 0 Å². The lowest BCUT2D eigenvalue weighted by molar-refractivity contribution is 1.39. The average Bonchev–Trinajstić information content (AvgIpc) is 2.58. The van der Waals surface area contributed by atoms with Crippen molar-refractivity contribution in [3.8, 4) is 0 Å². The maximum atomic E-state index is 5.84. The molecule has 0 amide bonds. The summed E-state index contributed by atoms with van der Waals surface area (Å²) < 4.78 is 2.42. The molecule has 0 spiro atoms.